The highest BCUT2D eigenvalue weighted by atomic mass is 35.5. The Hall–Kier alpha value is -2.03. The molecule has 0 saturated heterocycles. The molecule has 2 heterocycles. The number of amides is 1. The van der Waals surface area contributed by atoms with Gasteiger partial charge in [-0.2, -0.15) is 9.98 Å². The lowest BCUT2D eigenvalue weighted by Crippen LogP contribution is -2.43. The van der Waals surface area contributed by atoms with Crippen LogP contribution >= 0.6 is 23.2 Å². The maximum absolute atomic E-state index is 12.5. The van der Waals surface area contributed by atoms with Gasteiger partial charge in [0.25, 0.3) is 5.91 Å². The Morgan fingerprint density at radius 3 is 2.79 bits per heavy atom. The number of carbonyl (C=O) groups excluding carboxylic acids is 1. The second kappa shape index (κ2) is 10.7. The molecule has 1 amide bonds. The van der Waals surface area contributed by atoms with Crippen molar-refractivity contribution in [2.24, 2.45) is 20.3 Å². The van der Waals surface area contributed by atoms with Crippen molar-refractivity contribution >= 4 is 40.9 Å². The van der Waals surface area contributed by atoms with Crippen LogP contribution in [0.4, 0.5) is 0 Å². The van der Waals surface area contributed by atoms with E-state index < -0.39 is 6.04 Å². The van der Waals surface area contributed by atoms with E-state index in [4.69, 9.17) is 27.9 Å². The van der Waals surface area contributed by atoms with Gasteiger partial charge in [0.05, 0.1) is 10.0 Å². The second-order valence-electron chi connectivity index (χ2n) is 6.77. The van der Waals surface area contributed by atoms with Crippen LogP contribution in [0.5, 0.6) is 0 Å². The number of nitrogens with one attached hydrogen (secondary N) is 1. The summed E-state index contributed by atoms with van der Waals surface area (Å²) in [4.78, 5) is 20.9. The number of aliphatic imine (C=N–C) groups is 2. The molecular weight excluding hydrogens is 415 g/mol. The zero-order valence-corrected chi connectivity index (χ0v) is 17.8. The molecule has 1 aromatic carbocycles. The molecule has 8 nitrogen and oxygen atoms in total. The maximum atomic E-state index is 12.5. The van der Waals surface area contributed by atoms with Crippen LogP contribution in [0, 0.1) is 0 Å². The predicted octanol–water partition coefficient (Wildman–Crippen LogP) is 4.03. The average Bonchev–Trinajstić information content (AvgIpc) is 3.12. The summed E-state index contributed by atoms with van der Waals surface area (Å²) in [5, 5.41) is 13.8. The van der Waals surface area contributed by atoms with Gasteiger partial charge in [0.15, 0.2) is 11.9 Å². The van der Waals surface area contributed by atoms with Crippen LogP contribution in [0.3, 0.4) is 0 Å². The molecule has 1 aromatic rings. The minimum absolute atomic E-state index is 0.223. The first-order valence-corrected chi connectivity index (χ1v) is 10.5. The molecule has 2 aliphatic rings. The molecule has 0 radical (unpaired) electrons. The number of unbranched alkanes of at least 4 members (excludes halogenated alkanes) is 2. The Morgan fingerprint density at radius 2 is 2.00 bits per heavy atom. The third-order valence-corrected chi connectivity index (χ3v) is 5.17. The Morgan fingerprint density at radius 1 is 1.14 bits per heavy atom. The smallest absolute Gasteiger partial charge is 0.281 e. The van der Waals surface area contributed by atoms with Crippen molar-refractivity contribution in [1.29, 1.82) is 0 Å². The van der Waals surface area contributed by atoms with Crippen molar-refractivity contribution in [2.45, 2.75) is 45.2 Å². The summed E-state index contributed by atoms with van der Waals surface area (Å²) in [5.41, 5.74) is 0.898. The topological polar surface area (TPSA) is 91.0 Å². The Labute approximate surface area is 180 Å². The molecule has 1 unspecified atom stereocenters. The van der Waals surface area contributed by atoms with E-state index >= 15 is 0 Å². The van der Waals surface area contributed by atoms with Crippen LogP contribution in [0.25, 0.3) is 0 Å². The number of ether oxygens (including phenoxy) is 1. The summed E-state index contributed by atoms with van der Waals surface area (Å²) in [6.45, 7) is 4.70. The number of carbonyl (C=O) groups is 1. The molecule has 10 heteroatoms. The fourth-order valence-electron chi connectivity index (χ4n) is 2.95. The Kier molecular flexibility index (Phi) is 7.97. The first-order valence-electron chi connectivity index (χ1n) is 9.73. The van der Waals surface area contributed by atoms with Crippen LogP contribution in [-0.4, -0.2) is 48.5 Å². The molecule has 0 saturated carbocycles. The molecule has 0 spiro atoms. The summed E-state index contributed by atoms with van der Waals surface area (Å²) >= 11 is 11.9. The van der Waals surface area contributed by atoms with E-state index in [1.807, 2.05) is 6.07 Å². The van der Waals surface area contributed by atoms with Gasteiger partial charge >= 0.3 is 0 Å². The highest BCUT2D eigenvalue weighted by Gasteiger charge is 2.38. The van der Waals surface area contributed by atoms with Crippen molar-refractivity contribution in [3.63, 3.8) is 0 Å². The van der Waals surface area contributed by atoms with Gasteiger partial charge in [-0.1, -0.05) is 41.4 Å². The lowest BCUT2D eigenvalue weighted by atomic mass is 10.2. The number of nitrogens with zero attached hydrogens (tertiary/aromatic N) is 5. The van der Waals surface area contributed by atoms with E-state index in [9.17, 15) is 4.79 Å². The van der Waals surface area contributed by atoms with Crippen LogP contribution in [0.2, 0.25) is 10.0 Å². The number of hydrogen-bond donors (Lipinski definition) is 1. The van der Waals surface area contributed by atoms with Gasteiger partial charge in [-0.3, -0.25) is 9.80 Å². The number of fused-ring (bicyclic) bond motifs is 1. The van der Waals surface area contributed by atoms with Crippen molar-refractivity contribution in [3.05, 3.63) is 33.8 Å². The van der Waals surface area contributed by atoms with Gasteiger partial charge < -0.3 is 10.1 Å². The lowest BCUT2D eigenvalue weighted by Gasteiger charge is -2.21. The average molecular weight is 439 g/mol. The molecule has 3 rings (SSSR count). The number of guanidine groups is 1. The van der Waals surface area contributed by atoms with Crippen LogP contribution < -0.4 is 5.32 Å². The molecule has 0 bridgehead atoms. The number of benzene rings is 1. The summed E-state index contributed by atoms with van der Waals surface area (Å²) in [7, 11) is 0. The fourth-order valence-corrected chi connectivity index (χ4v) is 3.27. The molecular formula is C19H24Cl2N6O2. The van der Waals surface area contributed by atoms with E-state index in [1.165, 1.54) is 0 Å². The first kappa shape index (κ1) is 21.7. The van der Waals surface area contributed by atoms with Gasteiger partial charge in [-0.05, 0) is 43.4 Å². The molecule has 1 N–H and O–H groups in total. The van der Waals surface area contributed by atoms with Crippen molar-refractivity contribution < 1.29 is 9.53 Å². The quantitative estimate of drug-likeness (QED) is 0.558. The zero-order chi connectivity index (χ0) is 20.6. The standard InChI is InChI=1S/C19H24Cl2N6O2/c1-2-9-29-10-5-3-4-8-27-16-17(25-26-27)23-19(24-18(16)28)22-12-13-6-7-14(20)15(21)11-13/h6-7,11,16H,2-5,8-10,12H2,1H3,(H,22,24,28). The Bertz CT molecular complexity index is 827. The molecule has 0 aliphatic carbocycles. The minimum atomic E-state index is -0.623. The number of rotatable bonds is 10. The predicted molar refractivity (Wildman–Crippen MR) is 113 cm³/mol. The maximum Gasteiger partial charge on any atom is 0.281 e. The SMILES string of the molecule is CCCOCCCCCN1N=NC2=NC(NCc3ccc(Cl)c(Cl)c3)=NC(=O)C21. The molecule has 0 aromatic heterocycles. The molecule has 29 heavy (non-hydrogen) atoms. The van der Waals surface area contributed by atoms with Gasteiger partial charge in [0.1, 0.15) is 0 Å². The number of halogens is 2. The van der Waals surface area contributed by atoms with Crippen LogP contribution in [-0.2, 0) is 16.1 Å². The third-order valence-electron chi connectivity index (χ3n) is 4.43. The van der Waals surface area contributed by atoms with Gasteiger partial charge in [0.2, 0.25) is 5.96 Å². The van der Waals surface area contributed by atoms with E-state index in [0.29, 0.717) is 29.0 Å². The second-order valence-corrected chi connectivity index (χ2v) is 7.59. The van der Waals surface area contributed by atoms with E-state index in [-0.39, 0.29) is 11.9 Å². The highest BCUT2D eigenvalue weighted by Crippen LogP contribution is 2.23. The number of amidine groups is 1. The van der Waals surface area contributed by atoms with Gasteiger partial charge in [-0.25, -0.2) is 0 Å². The number of hydrogen-bond acceptors (Lipinski definition) is 7. The minimum Gasteiger partial charge on any atom is -0.381 e. The molecule has 156 valence electrons. The normalized spacial score (nSPS) is 18.0. The van der Waals surface area contributed by atoms with Crippen LogP contribution in [0.15, 0.2) is 38.5 Å². The summed E-state index contributed by atoms with van der Waals surface area (Å²) in [6, 6.07) is 4.69. The molecule has 1 atom stereocenters. The lowest BCUT2D eigenvalue weighted by molar-refractivity contribution is -0.120. The summed E-state index contributed by atoms with van der Waals surface area (Å²) in [6.07, 6.45) is 3.93. The van der Waals surface area contributed by atoms with Crippen molar-refractivity contribution in [3.8, 4) is 0 Å². The summed E-state index contributed by atoms with van der Waals surface area (Å²) in [5.74, 6) is 0.275. The van der Waals surface area contributed by atoms with Crippen molar-refractivity contribution in [1.82, 2.24) is 10.3 Å². The zero-order valence-electron chi connectivity index (χ0n) is 16.3. The largest absolute Gasteiger partial charge is 0.381 e. The summed E-state index contributed by atoms with van der Waals surface area (Å²) < 4.78 is 5.47. The third kappa shape index (κ3) is 5.98. The molecule has 2 aliphatic heterocycles. The molecule has 0 fully saturated rings. The van der Waals surface area contributed by atoms with Gasteiger partial charge in [-0.15, -0.1) is 5.11 Å². The van der Waals surface area contributed by atoms with Crippen molar-refractivity contribution in [2.75, 3.05) is 19.8 Å². The van der Waals surface area contributed by atoms with E-state index in [2.05, 4.69) is 32.6 Å². The van der Waals surface area contributed by atoms with E-state index in [1.54, 1.807) is 17.1 Å². The first-order chi connectivity index (χ1) is 14.1. The highest BCUT2D eigenvalue weighted by molar-refractivity contribution is 6.42. The van der Waals surface area contributed by atoms with E-state index in [0.717, 1.165) is 44.5 Å². The Balaban J connectivity index is 1.47. The van der Waals surface area contributed by atoms with Gasteiger partial charge in [0, 0.05) is 26.3 Å². The van der Waals surface area contributed by atoms with Crippen LogP contribution in [0.1, 0.15) is 38.2 Å². The fraction of sp³-hybridized carbons (Fsp3) is 0.526. The monoisotopic (exact) mass is 438 g/mol.